The van der Waals surface area contributed by atoms with Gasteiger partial charge in [0.25, 0.3) is 0 Å². The molecule has 0 aromatic heterocycles. The fourth-order valence-corrected chi connectivity index (χ4v) is 2.63. The first-order valence-corrected chi connectivity index (χ1v) is 7.99. The van der Waals surface area contributed by atoms with Crippen LogP contribution in [0.2, 0.25) is 0 Å². The molecule has 12 heteroatoms. The Kier molecular flexibility index (Phi) is 5.10. The van der Waals surface area contributed by atoms with Crippen LogP contribution in [0.5, 0.6) is 0 Å². The summed E-state index contributed by atoms with van der Waals surface area (Å²) in [5.74, 6) is 0. The molecule has 1 aromatic rings. The molecule has 0 saturated heterocycles. The minimum atomic E-state index is 0.225. The molecule has 0 amide bonds. The first-order valence-electron chi connectivity index (χ1n) is 6.48. The molecule has 0 bridgehead atoms. The lowest BCUT2D eigenvalue weighted by Gasteiger charge is -2.28. The van der Waals surface area contributed by atoms with Crippen LogP contribution in [0.3, 0.4) is 0 Å². The second kappa shape index (κ2) is 7.27. The number of hydrazine groups is 4. The third-order valence-corrected chi connectivity index (χ3v) is 3.44. The Bertz CT molecular complexity index is 696. The lowest BCUT2D eigenvalue weighted by atomic mass is 10.3. The van der Waals surface area contributed by atoms with Gasteiger partial charge < -0.3 is 0 Å². The van der Waals surface area contributed by atoms with E-state index in [0.29, 0.717) is 21.7 Å². The molecule has 0 atom stereocenters. The minimum absolute atomic E-state index is 0.225. The van der Waals surface area contributed by atoms with Crippen molar-refractivity contribution in [2.45, 2.75) is 0 Å². The summed E-state index contributed by atoms with van der Waals surface area (Å²) >= 11 is 23.6. The fraction of sp³-hybridized carbons (Fsp3) is 0. The van der Waals surface area contributed by atoms with E-state index in [1.807, 2.05) is 24.3 Å². The van der Waals surface area contributed by atoms with Crippen LogP contribution in [0.25, 0.3) is 0 Å². The van der Waals surface area contributed by atoms with Gasteiger partial charge in [-0.15, -0.1) is 20.7 Å². The van der Waals surface area contributed by atoms with E-state index < -0.39 is 0 Å². The Morgan fingerprint density at radius 2 is 1.17 bits per heavy atom. The van der Waals surface area contributed by atoms with Crippen LogP contribution in [-0.2, 0) is 0 Å². The highest BCUT2D eigenvalue weighted by molar-refractivity contribution is 6.69. The van der Waals surface area contributed by atoms with Crippen molar-refractivity contribution in [2.75, 3.05) is 10.9 Å². The fourth-order valence-electron chi connectivity index (χ4n) is 1.79. The first-order chi connectivity index (χ1) is 11.5. The molecule has 8 nitrogen and oxygen atoms in total. The molecule has 126 valence electrons. The molecule has 2 aliphatic heterocycles. The van der Waals surface area contributed by atoms with Crippen LogP contribution < -0.4 is 21.7 Å². The van der Waals surface area contributed by atoms with E-state index in [2.05, 4.69) is 31.9 Å². The monoisotopic (exact) mass is 406 g/mol. The highest BCUT2D eigenvalue weighted by atomic mass is 35.5. The Morgan fingerprint density at radius 1 is 0.750 bits per heavy atom. The van der Waals surface area contributed by atoms with Crippen molar-refractivity contribution in [1.82, 2.24) is 21.3 Å². The topological polar surface area (TPSA) is 79.3 Å². The van der Waals surface area contributed by atoms with Crippen LogP contribution in [-0.4, -0.2) is 20.8 Å². The van der Waals surface area contributed by atoms with E-state index in [9.17, 15) is 0 Å². The maximum atomic E-state index is 5.92. The number of para-hydroxylation sites is 2. The van der Waals surface area contributed by atoms with Crippen LogP contribution in [0, 0.1) is 0 Å². The summed E-state index contributed by atoms with van der Waals surface area (Å²) in [5, 5.41) is 11.7. The van der Waals surface area contributed by atoms with Gasteiger partial charge in [0.2, 0.25) is 0 Å². The lowest BCUT2D eigenvalue weighted by molar-refractivity contribution is 0.274. The molecule has 2 heterocycles. The SMILES string of the molecule is ClC1=CC(Cl)=NN(Nc2ccccc2NN2N=C(Cl)C=C(Cl)N2)N1. The molecule has 0 radical (unpaired) electrons. The predicted molar refractivity (Wildman–Crippen MR) is 98.1 cm³/mol. The second-order valence-corrected chi connectivity index (χ2v) is 6.04. The maximum Gasteiger partial charge on any atom is 0.156 e. The van der Waals surface area contributed by atoms with Gasteiger partial charge in [-0.05, 0) is 12.1 Å². The molecule has 2 aliphatic rings. The third-order valence-electron chi connectivity index (χ3n) is 2.69. The smallest absolute Gasteiger partial charge is 0.156 e. The zero-order valence-electron chi connectivity index (χ0n) is 11.8. The third kappa shape index (κ3) is 4.30. The molecule has 1 aromatic carbocycles. The van der Waals surface area contributed by atoms with E-state index in [1.165, 1.54) is 22.6 Å². The first kappa shape index (κ1) is 16.8. The maximum absolute atomic E-state index is 5.92. The molecular formula is C12H10Cl4N8. The van der Waals surface area contributed by atoms with Crippen LogP contribution >= 0.6 is 46.4 Å². The number of nitrogens with zero attached hydrogens (tertiary/aromatic N) is 4. The van der Waals surface area contributed by atoms with Gasteiger partial charge in [0, 0.05) is 12.2 Å². The highest BCUT2D eigenvalue weighted by Gasteiger charge is 2.14. The molecule has 0 fully saturated rings. The quantitative estimate of drug-likeness (QED) is 0.574. The van der Waals surface area contributed by atoms with E-state index in [-0.39, 0.29) is 10.3 Å². The van der Waals surface area contributed by atoms with Crippen molar-refractivity contribution in [3.8, 4) is 0 Å². The molecule has 24 heavy (non-hydrogen) atoms. The summed E-state index contributed by atoms with van der Waals surface area (Å²) in [4.78, 5) is 0. The Hall–Kier alpha value is -2.00. The molecule has 3 rings (SSSR count). The van der Waals surface area contributed by atoms with E-state index in [4.69, 9.17) is 46.4 Å². The average molecular weight is 408 g/mol. The Labute approximate surface area is 157 Å². The van der Waals surface area contributed by atoms with Gasteiger partial charge in [0.15, 0.2) is 10.3 Å². The number of benzene rings is 1. The van der Waals surface area contributed by atoms with Gasteiger partial charge in [0.1, 0.15) is 10.3 Å². The number of anilines is 2. The van der Waals surface area contributed by atoms with Gasteiger partial charge in [-0.2, -0.15) is 0 Å². The number of rotatable bonds is 4. The lowest BCUT2D eigenvalue weighted by Crippen LogP contribution is -2.41. The summed E-state index contributed by atoms with van der Waals surface area (Å²) in [6.45, 7) is 0. The summed E-state index contributed by atoms with van der Waals surface area (Å²) in [6.07, 6.45) is 2.96. The van der Waals surface area contributed by atoms with Gasteiger partial charge in [-0.1, -0.05) is 58.5 Å². The molecule has 0 unspecified atom stereocenters. The summed E-state index contributed by atoms with van der Waals surface area (Å²) in [6, 6.07) is 7.30. The molecule has 0 spiro atoms. The molecule has 4 N–H and O–H groups in total. The van der Waals surface area contributed by atoms with Crippen LogP contribution in [0.15, 0.2) is 56.9 Å². The normalized spacial score (nSPS) is 17.0. The van der Waals surface area contributed by atoms with Crippen molar-refractivity contribution in [3.63, 3.8) is 0 Å². The Balaban J connectivity index is 1.74. The van der Waals surface area contributed by atoms with Crippen molar-refractivity contribution >= 4 is 68.1 Å². The number of allylic oxidation sites excluding steroid dienone is 2. The summed E-state index contributed by atoms with van der Waals surface area (Å²) in [5.41, 5.74) is 12.9. The zero-order valence-corrected chi connectivity index (χ0v) is 14.8. The van der Waals surface area contributed by atoms with E-state index in [1.54, 1.807) is 0 Å². The van der Waals surface area contributed by atoms with Crippen molar-refractivity contribution < 1.29 is 0 Å². The summed E-state index contributed by atoms with van der Waals surface area (Å²) in [7, 11) is 0. The van der Waals surface area contributed by atoms with Crippen LogP contribution in [0.4, 0.5) is 11.4 Å². The Morgan fingerprint density at radius 3 is 1.54 bits per heavy atom. The highest BCUT2D eigenvalue weighted by Crippen LogP contribution is 2.23. The number of hydrazone groups is 2. The molecule has 0 saturated carbocycles. The van der Waals surface area contributed by atoms with Crippen LogP contribution in [0.1, 0.15) is 0 Å². The molecule has 0 aliphatic carbocycles. The standard InChI is InChI=1S/C12H10Cl4N8/c13-9-5-10(14)20-23(19-9)17-7-3-1-2-4-8(7)18-24-21-11(15)6-12(16)22-24/h1-6,17-19,21H. The van der Waals surface area contributed by atoms with Gasteiger partial charge in [-0.25, -0.2) is 0 Å². The average Bonchev–Trinajstić information content (AvgIpc) is 2.47. The van der Waals surface area contributed by atoms with E-state index in [0.717, 1.165) is 0 Å². The molecular weight excluding hydrogens is 398 g/mol. The number of hydrogen-bond acceptors (Lipinski definition) is 8. The largest absolute Gasteiger partial charge is 0.261 e. The van der Waals surface area contributed by atoms with Gasteiger partial charge in [0.05, 0.1) is 11.4 Å². The predicted octanol–water partition coefficient (Wildman–Crippen LogP) is 3.25. The van der Waals surface area contributed by atoms with Gasteiger partial charge in [-0.3, -0.25) is 21.7 Å². The van der Waals surface area contributed by atoms with Crippen molar-refractivity contribution in [2.24, 2.45) is 10.2 Å². The zero-order chi connectivity index (χ0) is 17.1. The number of halogens is 4. The van der Waals surface area contributed by atoms with E-state index >= 15 is 0 Å². The van der Waals surface area contributed by atoms with Crippen molar-refractivity contribution in [1.29, 1.82) is 0 Å². The van der Waals surface area contributed by atoms with Gasteiger partial charge >= 0.3 is 0 Å². The summed E-state index contributed by atoms with van der Waals surface area (Å²) < 4.78 is 0. The second-order valence-electron chi connectivity index (χ2n) is 4.45. The van der Waals surface area contributed by atoms with Crippen molar-refractivity contribution in [3.05, 3.63) is 46.7 Å². The number of nitrogens with one attached hydrogen (secondary N) is 4. The minimum Gasteiger partial charge on any atom is -0.261 e. The number of hydrogen-bond donors (Lipinski definition) is 4.